The number of benzene rings is 1. The van der Waals surface area contributed by atoms with Crippen molar-refractivity contribution >= 4 is 17.9 Å². The molecule has 1 unspecified atom stereocenters. The van der Waals surface area contributed by atoms with Crippen molar-refractivity contribution in [3.63, 3.8) is 0 Å². The molecule has 27 heavy (non-hydrogen) atoms. The van der Waals surface area contributed by atoms with E-state index in [1.54, 1.807) is 4.90 Å². The van der Waals surface area contributed by atoms with Gasteiger partial charge in [0.25, 0.3) is 0 Å². The van der Waals surface area contributed by atoms with Gasteiger partial charge in [-0.2, -0.15) is 0 Å². The van der Waals surface area contributed by atoms with Gasteiger partial charge in [0.15, 0.2) is 0 Å². The average molecular weight is 369 g/mol. The second kappa shape index (κ2) is 7.80. The maximum absolute atomic E-state index is 13.0. The van der Waals surface area contributed by atoms with E-state index in [4.69, 9.17) is 5.21 Å². The fraction of sp³-hybridized carbons (Fsp3) is 0.571. The predicted molar refractivity (Wildman–Crippen MR) is 102 cm³/mol. The molecule has 2 heterocycles. The Bertz CT molecular complexity index is 723. The molecule has 0 bridgehead atoms. The van der Waals surface area contributed by atoms with Crippen molar-refractivity contribution < 1.29 is 14.8 Å². The van der Waals surface area contributed by atoms with Crippen LogP contribution in [-0.2, 0) is 22.4 Å². The third-order valence-corrected chi connectivity index (χ3v) is 6.35. The van der Waals surface area contributed by atoms with Crippen LogP contribution in [0.25, 0.3) is 0 Å². The summed E-state index contributed by atoms with van der Waals surface area (Å²) >= 11 is 0. The maximum atomic E-state index is 13.0. The van der Waals surface area contributed by atoms with Crippen LogP contribution >= 0.6 is 0 Å². The number of nitrogens with one attached hydrogen (secondary N) is 1. The van der Waals surface area contributed by atoms with Gasteiger partial charge in [-0.1, -0.05) is 29.4 Å². The summed E-state index contributed by atoms with van der Waals surface area (Å²) in [4.78, 5) is 27.8. The van der Waals surface area contributed by atoms with Crippen LogP contribution in [0.1, 0.15) is 36.8 Å². The Morgan fingerprint density at radius 3 is 2.67 bits per heavy atom. The molecule has 1 aromatic rings. The summed E-state index contributed by atoms with van der Waals surface area (Å²) in [6.07, 6.45) is 6.32. The normalized spacial score (nSPS) is 28.1. The second-order valence-electron chi connectivity index (χ2n) is 8.05. The monoisotopic (exact) mass is 369 g/mol. The van der Waals surface area contributed by atoms with Crippen LogP contribution in [0.5, 0.6) is 0 Å². The number of oxime groups is 1. The van der Waals surface area contributed by atoms with Gasteiger partial charge < -0.3 is 15.4 Å². The molecule has 4 rings (SSSR count). The first-order valence-corrected chi connectivity index (χ1v) is 9.98. The second-order valence-corrected chi connectivity index (χ2v) is 8.05. The van der Waals surface area contributed by atoms with Crippen LogP contribution in [0.3, 0.4) is 0 Å². The van der Waals surface area contributed by atoms with E-state index in [-0.39, 0.29) is 23.7 Å². The molecule has 6 nitrogen and oxygen atoms in total. The smallest absolute Gasteiger partial charge is 0.241 e. The standard InChI is InChI=1S/C21H27N3O3/c25-19(12-14-10-15-4-1-2-5-16(15)11-14)18-7-8-22-20(18)21(26)24-9-3-6-17(24)13-23-27/h1-2,4-5,13-14,17-18,20,22,27H,3,6-12H2/t17-,18?,20+/m0/s1. The number of Topliss-reactive ketones (excluding diaryl/α,β-unsaturated/α-hetero) is 1. The van der Waals surface area contributed by atoms with Crippen LogP contribution in [0, 0.1) is 11.8 Å². The molecule has 6 heteroatoms. The first-order valence-electron chi connectivity index (χ1n) is 9.98. The van der Waals surface area contributed by atoms with Crippen molar-refractivity contribution in [3.05, 3.63) is 35.4 Å². The molecule has 0 spiro atoms. The number of likely N-dealkylation sites (tertiary alicyclic amines) is 1. The molecule has 2 fully saturated rings. The van der Waals surface area contributed by atoms with E-state index in [1.807, 2.05) is 0 Å². The molecule has 0 aromatic heterocycles. The van der Waals surface area contributed by atoms with Gasteiger partial charge in [0, 0.05) is 18.9 Å². The van der Waals surface area contributed by atoms with Gasteiger partial charge in [-0.15, -0.1) is 0 Å². The third-order valence-electron chi connectivity index (χ3n) is 6.35. The molecule has 1 amide bonds. The summed E-state index contributed by atoms with van der Waals surface area (Å²) in [5.41, 5.74) is 2.71. The largest absolute Gasteiger partial charge is 0.411 e. The molecule has 2 saturated heterocycles. The number of carbonyl (C=O) groups excluding carboxylic acids is 2. The fourth-order valence-electron chi connectivity index (χ4n) is 5.02. The number of rotatable bonds is 5. The van der Waals surface area contributed by atoms with Crippen LogP contribution in [-0.4, -0.2) is 53.2 Å². The minimum absolute atomic E-state index is 0.0250. The lowest BCUT2D eigenvalue weighted by molar-refractivity contribution is -0.137. The van der Waals surface area contributed by atoms with Gasteiger partial charge in [-0.05, 0) is 55.7 Å². The highest BCUT2D eigenvalue weighted by Crippen LogP contribution is 2.31. The van der Waals surface area contributed by atoms with Crippen molar-refractivity contribution in [1.82, 2.24) is 10.2 Å². The van der Waals surface area contributed by atoms with E-state index >= 15 is 0 Å². The summed E-state index contributed by atoms with van der Waals surface area (Å²) in [5.74, 6) is 0.298. The highest BCUT2D eigenvalue weighted by atomic mass is 16.4. The van der Waals surface area contributed by atoms with E-state index in [0.717, 1.165) is 32.1 Å². The number of hydrogen-bond donors (Lipinski definition) is 2. The predicted octanol–water partition coefficient (Wildman–Crippen LogP) is 1.79. The van der Waals surface area contributed by atoms with E-state index in [0.29, 0.717) is 25.4 Å². The van der Waals surface area contributed by atoms with Gasteiger partial charge in [0.1, 0.15) is 5.78 Å². The van der Waals surface area contributed by atoms with Crippen molar-refractivity contribution in [2.24, 2.45) is 17.0 Å². The zero-order chi connectivity index (χ0) is 18.8. The van der Waals surface area contributed by atoms with Crippen LogP contribution in [0.4, 0.5) is 0 Å². The van der Waals surface area contributed by atoms with Gasteiger partial charge in [-0.3, -0.25) is 9.59 Å². The lowest BCUT2D eigenvalue weighted by Crippen LogP contribution is -2.50. The quantitative estimate of drug-likeness (QED) is 0.471. The Morgan fingerprint density at radius 1 is 1.22 bits per heavy atom. The molecule has 0 radical (unpaired) electrons. The van der Waals surface area contributed by atoms with Gasteiger partial charge in [0.05, 0.1) is 18.3 Å². The van der Waals surface area contributed by atoms with Gasteiger partial charge in [-0.25, -0.2) is 0 Å². The van der Waals surface area contributed by atoms with E-state index in [1.165, 1.54) is 17.3 Å². The first kappa shape index (κ1) is 18.2. The fourth-order valence-corrected chi connectivity index (χ4v) is 5.02. The van der Waals surface area contributed by atoms with Crippen LogP contribution < -0.4 is 5.32 Å². The minimum Gasteiger partial charge on any atom is -0.411 e. The molecule has 2 N–H and O–H groups in total. The zero-order valence-electron chi connectivity index (χ0n) is 15.5. The van der Waals surface area contributed by atoms with Crippen molar-refractivity contribution in [3.8, 4) is 0 Å². The number of nitrogens with zero attached hydrogens (tertiary/aromatic N) is 2. The van der Waals surface area contributed by atoms with Crippen LogP contribution in [0.15, 0.2) is 29.4 Å². The Morgan fingerprint density at radius 2 is 1.96 bits per heavy atom. The first-order chi connectivity index (χ1) is 13.2. The molecule has 144 valence electrons. The number of fused-ring (bicyclic) bond motifs is 1. The summed E-state index contributed by atoms with van der Waals surface area (Å²) in [6, 6.07) is 7.82. The molecule has 3 aliphatic rings. The van der Waals surface area contributed by atoms with Crippen molar-refractivity contribution in [2.45, 2.75) is 50.6 Å². The highest BCUT2D eigenvalue weighted by Gasteiger charge is 2.42. The molecule has 2 aliphatic heterocycles. The average Bonchev–Trinajstić information content (AvgIpc) is 3.40. The summed E-state index contributed by atoms with van der Waals surface area (Å²) in [6.45, 7) is 1.36. The molecular weight excluding hydrogens is 342 g/mol. The Hall–Kier alpha value is -2.21. The Balaban J connectivity index is 1.39. The molecular formula is C21H27N3O3. The zero-order valence-corrected chi connectivity index (χ0v) is 15.5. The van der Waals surface area contributed by atoms with Crippen molar-refractivity contribution in [1.29, 1.82) is 0 Å². The summed E-state index contributed by atoms with van der Waals surface area (Å²) in [5, 5.41) is 15.2. The Kier molecular flexibility index (Phi) is 5.25. The van der Waals surface area contributed by atoms with E-state index < -0.39 is 6.04 Å². The summed E-state index contributed by atoms with van der Waals surface area (Å²) < 4.78 is 0. The number of carbonyl (C=O) groups is 2. The highest BCUT2D eigenvalue weighted by molar-refractivity contribution is 5.93. The molecule has 0 saturated carbocycles. The Labute approximate surface area is 159 Å². The molecule has 1 aromatic carbocycles. The SMILES string of the molecule is O=C(CC1Cc2ccccc2C1)C1CCN[C@H]1C(=O)N1CCC[C@H]1C=NO. The van der Waals surface area contributed by atoms with Crippen molar-refractivity contribution in [2.75, 3.05) is 13.1 Å². The van der Waals surface area contributed by atoms with Gasteiger partial charge >= 0.3 is 0 Å². The number of hydrogen-bond acceptors (Lipinski definition) is 5. The topological polar surface area (TPSA) is 82.0 Å². The summed E-state index contributed by atoms with van der Waals surface area (Å²) in [7, 11) is 0. The van der Waals surface area contributed by atoms with Gasteiger partial charge in [0.2, 0.25) is 5.91 Å². The minimum atomic E-state index is -0.436. The van der Waals surface area contributed by atoms with Crippen LogP contribution in [0.2, 0.25) is 0 Å². The lowest BCUT2D eigenvalue weighted by atomic mass is 9.87. The third kappa shape index (κ3) is 3.63. The molecule has 1 aliphatic carbocycles. The van der Waals surface area contributed by atoms with E-state index in [9.17, 15) is 9.59 Å². The number of ketones is 1. The number of amides is 1. The molecule has 3 atom stereocenters. The maximum Gasteiger partial charge on any atom is 0.241 e. The lowest BCUT2D eigenvalue weighted by Gasteiger charge is -2.27. The van der Waals surface area contributed by atoms with E-state index in [2.05, 4.69) is 34.7 Å².